The van der Waals surface area contributed by atoms with Gasteiger partial charge in [-0.2, -0.15) is 0 Å². The highest BCUT2D eigenvalue weighted by molar-refractivity contribution is 14.1. The van der Waals surface area contributed by atoms with Crippen molar-refractivity contribution in [3.63, 3.8) is 0 Å². The third-order valence-corrected chi connectivity index (χ3v) is 4.27. The molecule has 1 aliphatic carbocycles. The average Bonchev–Trinajstić information content (AvgIpc) is 2.89. The van der Waals surface area contributed by atoms with Crippen molar-refractivity contribution in [2.75, 3.05) is 13.1 Å². The third-order valence-electron chi connectivity index (χ3n) is 3.56. The molecule has 0 aromatic heterocycles. The van der Waals surface area contributed by atoms with Crippen molar-refractivity contribution in [2.45, 2.75) is 25.7 Å². The van der Waals surface area contributed by atoms with Crippen LogP contribution in [0.5, 0.6) is 0 Å². The van der Waals surface area contributed by atoms with Crippen molar-refractivity contribution in [3.05, 3.63) is 33.4 Å². The molecule has 1 saturated carbocycles. The summed E-state index contributed by atoms with van der Waals surface area (Å²) in [6, 6.07) is 9.00. The summed E-state index contributed by atoms with van der Waals surface area (Å²) in [5.41, 5.74) is 1.94. The molecular formula is C13H18IN. The summed E-state index contributed by atoms with van der Waals surface area (Å²) in [7, 11) is 0. The first-order valence-electron chi connectivity index (χ1n) is 5.63. The van der Waals surface area contributed by atoms with Crippen molar-refractivity contribution >= 4 is 22.6 Å². The molecule has 1 aliphatic rings. The third kappa shape index (κ3) is 2.36. The van der Waals surface area contributed by atoms with Gasteiger partial charge in [0.25, 0.3) is 0 Å². The van der Waals surface area contributed by atoms with E-state index in [-0.39, 0.29) is 0 Å². The maximum absolute atomic E-state index is 3.45. The van der Waals surface area contributed by atoms with E-state index in [9.17, 15) is 0 Å². The van der Waals surface area contributed by atoms with Crippen molar-refractivity contribution in [2.24, 2.45) is 5.92 Å². The zero-order chi connectivity index (χ0) is 10.9. The van der Waals surface area contributed by atoms with E-state index >= 15 is 0 Å². The standard InChI is InChI=1S/C13H18IN/c1-3-15-9-11-8-13(11,2)10-4-6-12(14)7-5-10/h4-7,11,15H,3,8-9H2,1-2H3. The summed E-state index contributed by atoms with van der Waals surface area (Å²) in [5, 5.41) is 3.45. The van der Waals surface area contributed by atoms with Crippen LogP contribution in [-0.4, -0.2) is 13.1 Å². The fraction of sp³-hybridized carbons (Fsp3) is 0.538. The Hall–Kier alpha value is -0.0900. The quantitative estimate of drug-likeness (QED) is 0.842. The second kappa shape index (κ2) is 4.42. The smallest absolute Gasteiger partial charge is 0.0130 e. The van der Waals surface area contributed by atoms with Crippen LogP contribution in [-0.2, 0) is 5.41 Å². The van der Waals surface area contributed by atoms with Gasteiger partial charge in [-0.3, -0.25) is 0 Å². The maximum Gasteiger partial charge on any atom is 0.0130 e. The minimum atomic E-state index is 0.437. The fourth-order valence-corrected chi connectivity index (χ4v) is 2.61. The van der Waals surface area contributed by atoms with E-state index in [1.54, 1.807) is 0 Å². The topological polar surface area (TPSA) is 12.0 Å². The van der Waals surface area contributed by atoms with Crippen molar-refractivity contribution in [3.8, 4) is 0 Å². The summed E-state index contributed by atoms with van der Waals surface area (Å²) >= 11 is 2.36. The van der Waals surface area contributed by atoms with Gasteiger partial charge < -0.3 is 5.32 Å². The minimum Gasteiger partial charge on any atom is -0.317 e. The fourth-order valence-electron chi connectivity index (χ4n) is 2.25. The molecule has 15 heavy (non-hydrogen) atoms. The predicted octanol–water partition coefficient (Wildman–Crippen LogP) is 3.18. The highest BCUT2D eigenvalue weighted by Gasteiger charge is 2.50. The molecule has 2 rings (SSSR count). The van der Waals surface area contributed by atoms with Gasteiger partial charge in [-0.05, 0) is 71.1 Å². The van der Waals surface area contributed by atoms with Gasteiger partial charge >= 0.3 is 0 Å². The first-order valence-corrected chi connectivity index (χ1v) is 6.71. The molecule has 0 radical (unpaired) electrons. The molecule has 0 spiro atoms. The van der Waals surface area contributed by atoms with E-state index < -0.39 is 0 Å². The molecule has 1 nitrogen and oxygen atoms in total. The van der Waals surface area contributed by atoms with Gasteiger partial charge in [-0.25, -0.2) is 0 Å². The lowest BCUT2D eigenvalue weighted by Crippen LogP contribution is -2.19. The van der Waals surface area contributed by atoms with Gasteiger partial charge in [0, 0.05) is 3.57 Å². The van der Waals surface area contributed by atoms with E-state index in [2.05, 4.69) is 66.0 Å². The highest BCUT2D eigenvalue weighted by Crippen LogP contribution is 2.53. The van der Waals surface area contributed by atoms with E-state index in [1.807, 2.05) is 0 Å². The number of nitrogens with one attached hydrogen (secondary N) is 1. The monoisotopic (exact) mass is 315 g/mol. The number of rotatable bonds is 4. The number of halogens is 1. The lowest BCUT2D eigenvalue weighted by molar-refractivity contribution is 0.591. The molecule has 0 bridgehead atoms. The van der Waals surface area contributed by atoms with Gasteiger partial charge in [-0.15, -0.1) is 0 Å². The summed E-state index contributed by atoms with van der Waals surface area (Å²) < 4.78 is 1.32. The molecular weight excluding hydrogens is 297 g/mol. The Morgan fingerprint density at radius 2 is 2.07 bits per heavy atom. The number of hydrogen-bond donors (Lipinski definition) is 1. The van der Waals surface area contributed by atoms with Crippen LogP contribution < -0.4 is 5.32 Å². The minimum absolute atomic E-state index is 0.437. The molecule has 0 saturated heterocycles. The van der Waals surface area contributed by atoms with Crippen LogP contribution in [0.15, 0.2) is 24.3 Å². The van der Waals surface area contributed by atoms with Crippen LogP contribution in [0.2, 0.25) is 0 Å². The van der Waals surface area contributed by atoms with Gasteiger partial charge in [0.05, 0.1) is 0 Å². The van der Waals surface area contributed by atoms with Gasteiger partial charge in [0.2, 0.25) is 0 Å². The SMILES string of the molecule is CCNCC1CC1(C)c1ccc(I)cc1. The Morgan fingerprint density at radius 3 is 2.67 bits per heavy atom. The van der Waals surface area contributed by atoms with Gasteiger partial charge in [0.15, 0.2) is 0 Å². The molecule has 0 aliphatic heterocycles. The summed E-state index contributed by atoms with van der Waals surface area (Å²) in [5.74, 6) is 0.831. The second-order valence-electron chi connectivity index (χ2n) is 4.63. The lowest BCUT2D eigenvalue weighted by atomic mass is 9.95. The molecule has 1 fully saturated rings. The van der Waals surface area contributed by atoms with Crippen molar-refractivity contribution in [1.82, 2.24) is 5.32 Å². The Labute approximate surface area is 106 Å². The largest absolute Gasteiger partial charge is 0.317 e. The predicted molar refractivity (Wildman–Crippen MR) is 73.2 cm³/mol. The first-order chi connectivity index (χ1) is 7.16. The molecule has 1 aromatic rings. The highest BCUT2D eigenvalue weighted by atomic mass is 127. The van der Waals surface area contributed by atoms with Crippen molar-refractivity contribution < 1.29 is 0 Å². The Kier molecular flexibility index (Phi) is 3.36. The molecule has 1 N–H and O–H groups in total. The zero-order valence-corrected chi connectivity index (χ0v) is 11.5. The van der Waals surface area contributed by atoms with E-state index in [4.69, 9.17) is 0 Å². The van der Waals surface area contributed by atoms with E-state index in [0.717, 1.165) is 12.5 Å². The second-order valence-corrected chi connectivity index (χ2v) is 5.88. The summed E-state index contributed by atoms with van der Waals surface area (Å²) in [4.78, 5) is 0. The molecule has 2 atom stereocenters. The normalized spacial score (nSPS) is 29.1. The van der Waals surface area contributed by atoms with Gasteiger partial charge in [-0.1, -0.05) is 26.0 Å². The Morgan fingerprint density at radius 1 is 1.40 bits per heavy atom. The molecule has 1 aromatic carbocycles. The van der Waals surface area contributed by atoms with Crippen LogP contribution in [0.25, 0.3) is 0 Å². The van der Waals surface area contributed by atoms with Crippen LogP contribution in [0.4, 0.5) is 0 Å². The molecule has 82 valence electrons. The Balaban J connectivity index is 2.03. The number of hydrogen-bond acceptors (Lipinski definition) is 1. The Bertz CT molecular complexity index is 333. The number of benzene rings is 1. The van der Waals surface area contributed by atoms with Crippen LogP contribution in [0, 0.1) is 9.49 Å². The average molecular weight is 315 g/mol. The van der Waals surface area contributed by atoms with Crippen LogP contribution in [0.3, 0.4) is 0 Å². The molecule has 0 amide bonds. The molecule has 0 heterocycles. The molecule has 2 heteroatoms. The maximum atomic E-state index is 3.45. The summed E-state index contributed by atoms with van der Waals surface area (Å²) in [6.45, 7) is 6.81. The van der Waals surface area contributed by atoms with E-state index in [0.29, 0.717) is 5.41 Å². The van der Waals surface area contributed by atoms with E-state index in [1.165, 1.54) is 22.1 Å². The molecule has 2 unspecified atom stereocenters. The van der Waals surface area contributed by atoms with Crippen molar-refractivity contribution in [1.29, 1.82) is 0 Å². The lowest BCUT2D eigenvalue weighted by Gasteiger charge is -2.12. The first kappa shape index (κ1) is 11.4. The van der Waals surface area contributed by atoms with Gasteiger partial charge in [0.1, 0.15) is 0 Å². The van der Waals surface area contributed by atoms with Crippen LogP contribution in [0.1, 0.15) is 25.8 Å². The summed E-state index contributed by atoms with van der Waals surface area (Å²) in [6.07, 6.45) is 1.33. The van der Waals surface area contributed by atoms with Crippen LogP contribution >= 0.6 is 22.6 Å². The zero-order valence-electron chi connectivity index (χ0n) is 9.39.